The molecule has 0 spiro atoms. The van der Waals surface area contributed by atoms with Crippen molar-refractivity contribution in [3.8, 4) is 0 Å². The molecule has 2 rings (SSSR count). The first kappa shape index (κ1) is 13.3. The topological polar surface area (TPSA) is 98.3 Å². The van der Waals surface area contributed by atoms with Crippen molar-refractivity contribution in [2.24, 2.45) is 5.73 Å². The van der Waals surface area contributed by atoms with Crippen LogP contribution in [-0.4, -0.2) is 16.4 Å². The molecule has 6 heteroatoms. The van der Waals surface area contributed by atoms with E-state index in [4.69, 9.17) is 5.73 Å². The lowest BCUT2D eigenvalue weighted by Gasteiger charge is -2.36. The molecule has 3 N–H and O–H groups in total. The number of nitrogens with one attached hydrogen (secondary N) is 1. The molecule has 19 heavy (non-hydrogen) atoms. The van der Waals surface area contributed by atoms with E-state index in [0.29, 0.717) is 18.5 Å². The van der Waals surface area contributed by atoms with E-state index in [-0.39, 0.29) is 11.6 Å². The molecule has 1 aliphatic carbocycles. The van der Waals surface area contributed by atoms with Gasteiger partial charge in [-0.05, 0) is 25.0 Å². The molecule has 0 aliphatic heterocycles. The normalized spacial score (nSPS) is 17.7. The van der Waals surface area contributed by atoms with Crippen LogP contribution in [0.15, 0.2) is 24.3 Å². The number of benzene rings is 1. The molecule has 102 valence electrons. The summed E-state index contributed by atoms with van der Waals surface area (Å²) in [7, 11) is 0. The fraction of sp³-hybridized carbons (Fsp3) is 0.462. The summed E-state index contributed by atoms with van der Waals surface area (Å²) in [5.41, 5.74) is 5.52. The van der Waals surface area contributed by atoms with Crippen LogP contribution in [0.5, 0.6) is 0 Å². The van der Waals surface area contributed by atoms with Gasteiger partial charge in [0, 0.05) is 17.8 Å². The Morgan fingerprint density at radius 1 is 1.21 bits per heavy atom. The van der Waals surface area contributed by atoms with Gasteiger partial charge < -0.3 is 11.1 Å². The van der Waals surface area contributed by atoms with Crippen LogP contribution >= 0.6 is 0 Å². The van der Waals surface area contributed by atoms with Crippen molar-refractivity contribution in [3.05, 3.63) is 34.4 Å². The second-order valence-corrected chi connectivity index (χ2v) is 4.94. The number of carbonyl (C=O) groups is 1. The highest BCUT2D eigenvalue weighted by Crippen LogP contribution is 2.32. The van der Waals surface area contributed by atoms with Gasteiger partial charge in [0.25, 0.3) is 5.69 Å². The molecule has 1 amide bonds. The van der Waals surface area contributed by atoms with Gasteiger partial charge in [-0.1, -0.05) is 19.3 Å². The average Bonchev–Trinajstić information content (AvgIpc) is 2.40. The van der Waals surface area contributed by atoms with Crippen LogP contribution in [0.4, 0.5) is 11.4 Å². The number of hydrogen-bond acceptors (Lipinski definition) is 4. The van der Waals surface area contributed by atoms with Gasteiger partial charge >= 0.3 is 0 Å². The number of rotatable bonds is 4. The van der Waals surface area contributed by atoms with E-state index in [9.17, 15) is 14.9 Å². The molecule has 0 aromatic heterocycles. The molecule has 6 nitrogen and oxygen atoms in total. The first-order valence-corrected chi connectivity index (χ1v) is 6.36. The van der Waals surface area contributed by atoms with E-state index in [1.807, 2.05) is 0 Å². The number of nitrogens with zero attached hydrogens (tertiary/aromatic N) is 1. The summed E-state index contributed by atoms with van der Waals surface area (Å²) in [6.07, 6.45) is 4.45. The molecule has 1 fully saturated rings. The Bertz CT molecular complexity index is 478. The molecular weight excluding hydrogens is 246 g/mol. The van der Waals surface area contributed by atoms with E-state index in [1.54, 1.807) is 12.1 Å². The quantitative estimate of drug-likeness (QED) is 0.642. The summed E-state index contributed by atoms with van der Waals surface area (Å²) in [5, 5.41) is 13.7. The number of amides is 1. The summed E-state index contributed by atoms with van der Waals surface area (Å²) in [6.45, 7) is 0. The minimum Gasteiger partial charge on any atom is -0.371 e. The van der Waals surface area contributed by atoms with E-state index in [2.05, 4.69) is 5.32 Å². The number of anilines is 1. The summed E-state index contributed by atoms with van der Waals surface area (Å²) >= 11 is 0. The number of nitro benzene ring substituents is 1. The van der Waals surface area contributed by atoms with Crippen LogP contribution in [0, 0.1) is 10.1 Å². The van der Waals surface area contributed by atoms with E-state index >= 15 is 0 Å². The highest BCUT2D eigenvalue weighted by Gasteiger charge is 2.37. The fourth-order valence-electron chi connectivity index (χ4n) is 2.53. The van der Waals surface area contributed by atoms with Crippen molar-refractivity contribution in [1.29, 1.82) is 0 Å². The molecule has 1 aromatic rings. The molecule has 0 heterocycles. The smallest absolute Gasteiger partial charge is 0.269 e. The predicted octanol–water partition coefficient (Wildman–Crippen LogP) is 2.19. The molecule has 0 atom stereocenters. The van der Waals surface area contributed by atoms with Crippen LogP contribution in [0.3, 0.4) is 0 Å². The van der Waals surface area contributed by atoms with Gasteiger partial charge in [0.15, 0.2) is 0 Å². The molecular formula is C13H17N3O3. The maximum Gasteiger partial charge on any atom is 0.269 e. The van der Waals surface area contributed by atoms with Gasteiger partial charge in [-0.15, -0.1) is 0 Å². The van der Waals surface area contributed by atoms with Crippen LogP contribution in [0.25, 0.3) is 0 Å². The monoisotopic (exact) mass is 263 g/mol. The number of primary amides is 1. The maximum atomic E-state index is 11.7. The highest BCUT2D eigenvalue weighted by molar-refractivity contribution is 5.88. The van der Waals surface area contributed by atoms with Crippen molar-refractivity contribution in [1.82, 2.24) is 0 Å². The largest absolute Gasteiger partial charge is 0.371 e. The summed E-state index contributed by atoms with van der Waals surface area (Å²) in [5.74, 6) is -0.356. The summed E-state index contributed by atoms with van der Waals surface area (Å²) < 4.78 is 0. The minimum absolute atomic E-state index is 0.0299. The number of hydrogen-bond donors (Lipinski definition) is 2. The average molecular weight is 263 g/mol. The maximum absolute atomic E-state index is 11.7. The van der Waals surface area contributed by atoms with Gasteiger partial charge in [0.1, 0.15) is 5.54 Å². The minimum atomic E-state index is -0.714. The number of nitro groups is 1. The molecule has 1 aromatic carbocycles. The Hall–Kier alpha value is -2.11. The Labute approximate surface area is 111 Å². The zero-order valence-electron chi connectivity index (χ0n) is 10.6. The van der Waals surface area contributed by atoms with E-state index in [0.717, 1.165) is 19.3 Å². The van der Waals surface area contributed by atoms with Crippen LogP contribution in [0.2, 0.25) is 0 Å². The summed E-state index contributed by atoms with van der Waals surface area (Å²) in [4.78, 5) is 21.8. The van der Waals surface area contributed by atoms with Crippen LogP contribution in [-0.2, 0) is 4.79 Å². The third kappa shape index (κ3) is 2.83. The predicted molar refractivity (Wildman–Crippen MR) is 71.7 cm³/mol. The molecule has 0 saturated heterocycles. The number of non-ortho nitro benzene ring substituents is 1. The van der Waals surface area contributed by atoms with Gasteiger partial charge in [0.05, 0.1) is 4.92 Å². The lowest BCUT2D eigenvalue weighted by atomic mass is 9.81. The van der Waals surface area contributed by atoms with Crippen LogP contribution in [0.1, 0.15) is 32.1 Å². The first-order valence-electron chi connectivity index (χ1n) is 6.36. The third-order valence-corrected chi connectivity index (χ3v) is 3.64. The Kier molecular flexibility index (Phi) is 3.69. The Balaban J connectivity index is 2.17. The molecule has 0 radical (unpaired) electrons. The lowest BCUT2D eigenvalue weighted by Crippen LogP contribution is -2.51. The second kappa shape index (κ2) is 5.26. The molecule has 1 saturated carbocycles. The van der Waals surface area contributed by atoms with Crippen molar-refractivity contribution >= 4 is 17.3 Å². The first-order chi connectivity index (χ1) is 9.03. The third-order valence-electron chi connectivity index (χ3n) is 3.64. The summed E-state index contributed by atoms with van der Waals surface area (Å²) in [6, 6.07) is 6.05. The number of nitrogens with two attached hydrogens (primary N) is 1. The van der Waals surface area contributed by atoms with E-state index < -0.39 is 10.5 Å². The van der Waals surface area contributed by atoms with Crippen molar-refractivity contribution in [3.63, 3.8) is 0 Å². The van der Waals surface area contributed by atoms with Gasteiger partial charge in [-0.25, -0.2) is 0 Å². The van der Waals surface area contributed by atoms with Gasteiger partial charge in [-0.3, -0.25) is 14.9 Å². The highest BCUT2D eigenvalue weighted by atomic mass is 16.6. The standard InChI is InChI=1S/C13H17N3O3/c14-12(17)13(8-2-1-3-9-13)15-10-4-6-11(7-5-10)16(18)19/h4-7,15H,1-3,8-9H2,(H2,14,17). The van der Waals surface area contributed by atoms with Crippen molar-refractivity contribution in [2.75, 3.05) is 5.32 Å². The van der Waals surface area contributed by atoms with Crippen molar-refractivity contribution in [2.45, 2.75) is 37.6 Å². The molecule has 0 unspecified atom stereocenters. The van der Waals surface area contributed by atoms with Crippen molar-refractivity contribution < 1.29 is 9.72 Å². The zero-order valence-corrected chi connectivity index (χ0v) is 10.6. The zero-order chi connectivity index (χ0) is 13.9. The molecule has 1 aliphatic rings. The SMILES string of the molecule is NC(=O)C1(Nc2ccc([N+](=O)[O-])cc2)CCCCC1. The van der Waals surface area contributed by atoms with E-state index in [1.165, 1.54) is 12.1 Å². The Morgan fingerprint density at radius 3 is 2.26 bits per heavy atom. The number of carbonyl (C=O) groups excluding carboxylic acids is 1. The second-order valence-electron chi connectivity index (χ2n) is 4.94. The molecule has 0 bridgehead atoms. The van der Waals surface area contributed by atoms with Gasteiger partial charge in [-0.2, -0.15) is 0 Å². The Morgan fingerprint density at radius 2 is 1.79 bits per heavy atom. The lowest BCUT2D eigenvalue weighted by molar-refractivity contribution is -0.384. The van der Waals surface area contributed by atoms with Gasteiger partial charge in [0.2, 0.25) is 5.91 Å². The van der Waals surface area contributed by atoms with Crippen LogP contribution < -0.4 is 11.1 Å². The fourth-order valence-corrected chi connectivity index (χ4v) is 2.53.